The van der Waals surface area contributed by atoms with Crippen molar-refractivity contribution in [3.63, 3.8) is 0 Å². The fraction of sp³-hybridized carbons (Fsp3) is 0.276. The maximum atomic E-state index is 15.3. The first kappa shape index (κ1) is 29.7. The van der Waals surface area contributed by atoms with Crippen molar-refractivity contribution >= 4 is 47.0 Å². The molecule has 0 radical (unpaired) electrons. The molecular formula is C29H26ClF2N5O6. The number of benzene rings is 2. The second-order valence-corrected chi connectivity index (χ2v) is 10.6. The lowest BCUT2D eigenvalue weighted by Crippen LogP contribution is -2.58. The first-order valence-electron chi connectivity index (χ1n) is 13.2. The largest absolute Gasteiger partial charge is 0.465 e. The van der Waals surface area contributed by atoms with Gasteiger partial charge in [0.25, 0.3) is 5.91 Å². The molecule has 2 aliphatic heterocycles. The molecule has 3 N–H and O–H groups in total. The van der Waals surface area contributed by atoms with Crippen molar-refractivity contribution in [2.45, 2.75) is 30.9 Å². The number of anilines is 2. The summed E-state index contributed by atoms with van der Waals surface area (Å²) < 4.78 is 35.6. The summed E-state index contributed by atoms with van der Waals surface area (Å²) in [4.78, 5) is 57.0. The Hall–Kier alpha value is -4.78. The molecule has 1 saturated heterocycles. The smallest absolute Gasteiger partial charge is 0.412 e. The average molecular weight is 614 g/mol. The third-order valence-corrected chi connectivity index (χ3v) is 7.82. The average Bonchev–Trinajstić information content (AvgIpc) is 2.98. The Morgan fingerprint density at radius 2 is 1.95 bits per heavy atom. The fourth-order valence-electron chi connectivity index (χ4n) is 5.36. The van der Waals surface area contributed by atoms with Gasteiger partial charge >= 0.3 is 12.2 Å². The number of carbonyl (C=O) groups excluding carboxylic acids is 3. The van der Waals surface area contributed by atoms with Crippen LogP contribution in [0.3, 0.4) is 0 Å². The zero-order valence-electron chi connectivity index (χ0n) is 22.8. The summed E-state index contributed by atoms with van der Waals surface area (Å²) in [6.07, 6.45) is 0.641. The van der Waals surface area contributed by atoms with Gasteiger partial charge in [-0.1, -0.05) is 11.6 Å². The molecule has 43 heavy (non-hydrogen) atoms. The van der Waals surface area contributed by atoms with Gasteiger partial charge < -0.3 is 20.1 Å². The van der Waals surface area contributed by atoms with Gasteiger partial charge in [-0.05, 0) is 60.9 Å². The number of likely N-dealkylation sites (tertiary alicyclic amines) is 1. The third-order valence-electron chi connectivity index (χ3n) is 7.53. The standard InChI is InChI=1S/C29H26ClF2N5O6/c1-36(28(41)42)18-5-3-16(4-6-18)25(38)34-22(13-17-9-11-33-14-20(17)31)26(39)37-12-2-10-29(15-37)23-21(35-27(40)43-29)8-7-19(30)24(23)32/h3-9,11,14,22H,2,10,12-13,15H2,1H3,(H,34,38)(H,35,40)(H,41,42)/t22-,29-/m0/s1. The molecule has 3 heterocycles. The van der Waals surface area contributed by atoms with E-state index in [2.05, 4.69) is 15.6 Å². The number of amides is 4. The number of halogens is 3. The lowest BCUT2D eigenvalue weighted by Gasteiger charge is -2.45. The molecule has 0 bridgehead atoms. The van der Waals surface area contributed by atoms with Gasteiger partial charge in [0.1, 0.15) is 11.9 Å². The zero-order chi connectivity index (χ0) is 30.9. The fourth-order valence-corrected chi connectivity index (χ4v) is 5.52. The molecule has 2 aliphatic rings. The first-order chi connectivity index (χ1) is 20.5. The maximum Gasteiger partial charge on any atom is 0.412 e. The van der Waals surface area contributed by atoms with Gasteiger partial charge in [-0.2, -0.15) is 0 Å². The number of rotatable bonds is 6. The van der Waals surface area contributed by atoms with Crippen LogP contribution in [-0.4, -0.2) is 65.2 Å². The highest BCUT2D eigenvalue weighted by Gasteiger charge is 2.49. The Labute approximate surface area is 249 Å². The van der Waals surface area contributed by atoms with Gasteiger partial charge in [0.05, 0.1) is 29.0 Å². The van der Waals surface area contributed by atoms with Crippen molar-refractivity contribution in [3.8, 4) is 0 Å². The molecule has 11 nitrogen and oxygen atoms in total. The molecule has 1 aromatic heterocycles. The van der Waals surface area contributed by atoms with Crippen LogP contribution in [0.1, 0.15) is 34.3 Å². The number of piperidine rings is 1. The van der Waals surface area contributed by atoms with Gasteiger partial charge in [0.2, 0.25) is 5.91 Å². The predicted molar refractivity (Wildman–Crippen MR) is 151 cm³/mol. The molecule has 2 atom stereocenters. The minimum atomic E-state index is -1.54. The predicted octanol–water partition coefficient (Wildman–Crippen LogP) is 4.55. The summed E-state index contributed by atoms with van der Waals surface area (Å²) >= 11 is 6.05. The molecule has 0 saturated carbocycles. The van der Waals surface area contributed by atoms with Crippen molar-refractivity contribution in [2.24, 2.45) is 0 Å². The van der Waals surface area contributed by atoms with Crippen molar-refractivity contribution in [3.05, 3.63) is 88.2 Å². The van der Waals surface area contributed by atoms with E-state index in [0.29, 0.717) is 12.1 Å². The van der Waals surface area contributed by atoms with Crippen LogP contribution in [0.4, 0.5) is 29.7 Å². The van der Waals surface area contributed by atoms with Crippen molar-refractivity contribution in [2.75, 3.05) is 30.4 Å². The van der Waals surface area contributed by atoms with E-state index in [9.17, 15) is 28.7 Å². The Morgan fingerprint density at radius 3 is 2.65 bits per heavy atom. The summed E-state index contributed by atoms with van der Waals surface area (Å²) in [5, 5.41) is 14.1. The van der Waals surface area contributed by atoms with Crippen LogP contribution in [0, 0.1) is 11.6 Å². The quantitative estimate of drug-likeness (QED) is 0.370. The van der Waals surface area contributed by atoms with Crippen LogP contribution in [0.25, 0.3) is 0 Å². The summed E-state index contributed by atoms with van der Waals surface area (Å²) in [5.74, 6) is -2.73. The number of fused-ring (bicyclic) bond motifs is 2. The third kappa shape index (κ3) is 5.93. The van der Waals surface area contributed by atoms with E-state index in [0.717, 1.165) is 11.1 Å². The van der Waals surface area contributed by atoms with Crippen LogP contribution < -0.4 is 15.5 Å². The molecule has 224 valence electrons. The van der Waals surface area contributed by atoms with Crippen molar-refractivity contribution in [1.29, 1.82) is 0 Å². The minimum Gasteiger partial charge on any atom is -0.465 e. The Morgan fingerprint density at radius 1 is 1.21 bits per heavy atom. The minimum absolute atomic E-state index is 0.0179. The van der Waals surface area contributed by atoms with Crippen LogP contribution in [0.2, 0.25) is 5.02 Å². The molecule has 0 aliphatic carbocycles. The Bertz CT molecular complexity index is 1610. The van der Waals surface area contributed by atoms with Gasteiger partial charge in [-0.25, -0.2) is 18.4 Å². The second kappa shape index (κ2) is 11.8. The van der Waals surface area contributed by atoms with E-state index in [1.165, 1.54) is 60.6 Å². The zero-order valence-corrected chi connectivity index (χ0v) is 23.5. The Balaban J connectivity index is 1.44. The molecular weight excluding hydrogens is 588 g/mol. The van der Waals surface area contributed by atoms with Gasteiger partial charge in [-0.15, -0.1) is 0 Å². The molecule has 4 amide bonds. The van der Waals surface area contributed by atoms with Gasteiger partial charge in [0, 0.05) is 37.5 Å². The number of nitrogens with zero attached hydrogens (tertiary/aromatic N) is 3. The monoisotopic (exact) mass is 613 g/mol. The summed E-state index contributed by atoms with van der Waals surface area (Å²) in [5.41, 5.74) is -0.780. The number of hydrogen-bond acceptors (Lipinski definition) is 6. The molecule has 1 spiro atoms. The summed E-state index contributed by atoms with van der Waals surface area (Å²) in [6, 6.07) is 8.53. The number of carboxylic acid groups (broad SMARTS) is 1. The SMILES string of the molecule is CN(C(=O)O)c1ccc(C(=O)N[C@@H](Cc2ccncc2F)C(=O)N2CCC[C@@]3(C2)OC(=O)Nc2ccc(Cl)c(F)c23)cc1. The summed E-state index contributed by atoms with van der Waals surface area (Å²) in [7, 11) is 1.35. The normalized spacial score (nSPS) is 18.2. The highest BCUT2D eigenvalue weighted by atomic mass is 35.5. The van der Waals surface area contributed by atoms with Crippen LogP contribution >= 0.6 is 11.6 Å². The first-order valence-corrected chi connectivity index (χ1v) is 13.6. The highest BCUT2D eigenvalue weighted by molar-refractivity contribution is 6.31. The molecule has 5 rings (SSSR count). The number of hydrogen-bond donors (Lipinski definition) is 3. The van der Waals surface area contributed by atoms with E-state index in [-0.39, 0.29) is 53.3 Å². The van der Waals surface area contributed by atoms with Crippen LogP contribution in [0.15, 0.2) is 54.9 Å². The summed E-state index contributed by atoms with van der Waals surface area (Å²) in [6.45, 7) is -0.0323. The van der Waals surface area contributed by atoms with Crippen LogP contribution in [0.5, 0.6) is 0 Å². The van der Waals surface area contributed by atoms with E-state index < -0.39 is 47.3 Å². The lowest BCUT2D eigenvalue weighted by atomic mass is 9.82. The van der Waals surface area contributed by atoms with Crippen molar-refractivity contribution in [1.82, 2.24) is 15.2 Å². The van der Waals surface area contributed by atoms with Crippen molar-refractivity contribution < 1.29 is 37.8 Å². The maximum absolute atomic E-state index is 15.3. The van der Waals surface area contributed by atoms with Crippen LogP contribution in [-0.2, 0) is 21.6 Å². The molecule has 2 aromatic carbocycles. The lowest BCUT2D eigenvalue weighted by molar-refractivity contribution is -0.141. The second-order valence-electron chi connectivity index (χ2n) is 10.2. The molecule has 14 heteroatoms. The number of ether oxygens (including phenoxy) is 1. The van der Waals surface area contributed by atoms with E-state index in [1.807, 2.05) is 0 Å². The van der Waals surface area contributed by atoms with E-state index >= 15 is 4.39 Å². The molecule has 0 unspecified atom stereocenters. The number of carbonyl (C=O) groups is 4. The Kier molecular flexibility index (Phi) is 8.18. The van der Waals surface area contributed by atoms with E-state index in [4.69, 9.17) is 16.3 Å². The number of aromatic nitrogens is 1. The van der Waals surface area contributed by atoms with E-state index in [1.54, 1.807) is 0 Å². The number of nitrogens with one attached hydrogen (secondary N) is 2. The molecule has 3 aromatic rings. The van der Waals surface area contributed by atoms with Gasteiger partial charge in [0.15, 0.2) is 11.4 Å². The number of pyridine rings is 1. The van der Waals surface area contributed by atoms with Gasteiger partial charge in [-0.3, -0.25) is 24.8 Å². The highest BCUT2D eigenvalue weighted by Crippen LogP contribution is 2.45. The topological polar surface area (TPSA) is 141 Å². The molecule has 1 fully saturated rings.